The van der Waals surface area contributed by atoms with Crippen LogP contribution in [0.3, 0.4) is 0 Å². The molecule has 0 bridgehead atoms. The number of pyridine rings is 2. The summed E-state index contributed by atoms with van der Waals surface area (Å²) in [5, 5.41) is 4.27. The van der Waals surface area contributed by atoms with Crippen LogP contribution in [-0.2, 0) is 6.54 Å². The molecule has 3 aromatic rings. The van der Waals surface area contributed by atoms with Crippen LogP contribution in [0.15, 0.2) is 47.4 Å². The van der Waals surface area contributed by atoms with E-state index in [1.54, 1.807) is 0 Å². The van der Waals surface area contributed by atoms with E-state index in [-0.39, 0.29) is 6.04 Å². The molecule has 0 saturated carbocycles. The maximum Gasteiger partial charge on any atom is 0.244 e. The van der Waals surface area contributed by atoms with Gasteiger partial charge in [-0.05, 0) is 62.1 Å². The second-order valence-corrected chi connectivity index (χ2v) is 7.54. The summed E-state index contributed by atoms with van der Waals surface area (Å²) in [4.78, 5) is 18.1. The molecule has 2 saturated heterocycles. The smallest absolute Gasteiger partial charge is 0.244 e. The lowest BCUT2D eigenvalue weighted by molar-refractivity contribution is 0.201. The molecule has 28 heavy (non-hydrogen) atoms. The average molecular weight is 376 g/mol. The van der Waals surface area contributed by atoms with Crippen molar-refractivity contribution in [3.8, 4) is 11.4 Å². The van der Waals surface area contributed by atoms with Gasteiger partial charge in [0.2, 0.25) is 11.7 Å². The molecular formula is C21H24N6O. The Morgan fingerprint density at radius 1 is 1.00 bits per heavy atom. The van der Waals surface area contributed by atoms with Gasteiger partial charge in [0, 0.05) is 43.8 Å². The highest BCUT2D eigenvalue weighted by Crippen LogP contribution is 2.33. The Hall–Kier alpha value is -2.80. The number of rotatable bonds is 5. The van der Waals surface area contributed by atoms with Crippen LogP contribution in [0, 0.1) is 0 Å². The Bertz CT molecular complexity index is 921. The van der Waals surface area contributed by atoms with Crippen molar-refractivity contribution >= 4 is 5.82 Å². The van der Waals surface area contributed by atoms with Gasteiger partial charge in [0.1, 0.15) is 5.82 Å². The van der Waals surface area contributed by atoms with Crippen molar-refractivity contribution in [3.05, 3.63) is 54.3 Å². The molecule has 0 N–H and O–H groups in total. The van der Waals surface area contributed by atoms with Crippen molar-refractivity contribution in [2.45, 2.75) is 38.3 Å². The normalized spacial score (nSPS) is 20.1. The van der Waals surface area contributed by atoms with E-state index in [1.807, 2.05) is 24.7 Å². The van der Waals surface area contributed by atoms with Gasteiger partial charge in [0.15, 0.2) is 0 Å². The minimum Gasteiger partial charge on any atom is -0.357 e. The molecule has 0 radical (unpaired) electrons. The van der Waals surface area contributed by atoms with Crippen molar-refractivity contribution in [1.29, 1.82) is 0 Å². The van der Waals surface area contributed by atoms with Gasteiger partial charge in [-0.15, -0.1) is 0 Å². The second-order valence-electron chi connectivity index (χ2n) is 7.54. The third kappa shape index (κ3) is 3.49. The van der Waals surface area contributed by atoms with Crippen LogP contribution in [0.1, 0.15) is 43.2 Å². The molecule has 0 spiro atoms. The van der Waals surface area contributed by atoms with Crippen molar-refractivity contribution in [2.24, 2.45) is 0 Å². The maximum atomic E-state index is 5.69. The number of nitrogens with zero attached hydrogens (tertiary/aromatic N) is 6. The van der Waals surface area contributed by atoms with Crippen LogP contribution in [-0.4, -0.2) is 44.6 Å². The lowest BCUT2D eigenvalue weighted by atomic mass is 10.2. The first kappa shape index (κ1) is 17.3. The quantitative estimate of drug-likeness (QED) is 0.675. The van der Waals surface area contributed by atoms with Crippen LogP contribution in [0.4, 0.5) is 5.82 Å². The van der Waals surface area contributed by atoms with Gasteiger partial charge in [-0.25, -0.2) is 4.98 Å². The van der Waals surface area contributed by atoms with Gasteiger partial charge in [0.25, 0.3) is 0 Å². The molecule has 0 amide bonds. The first-order valence-electron chi connectivity index (χ1n) is 10.0. The van der Waals surface area contributed by atoms with Crippen LogP contribution in [0.5, 0.6) is 0 Å². The van der Waals surface area contributed by atoms with Gasteiger partial charge in [-0.2, -0.15) is 4.98 Å². The van der Waals surface area contributed by atoms with E-state index in [0.717, 1.165) is 50.4 Å². The number of hydrogen-bond donors (Lipinski definition) is 0. The average Bonchev–Trinajstić information content (AvgIpc) is 3.50. The Labute approximate surface area is 164 Å². The van der Waals surface area contributed by atoms with Crippen molar-refractivity contribution in [3.63, 3.8) is 0 Å². The lowest BCUT2D eigenvalue weighted by Crippen LogP contribution is -2.23. The molecule has 2 aliphatic heterocycles. The molecule has 1 atom stereocenters. The van der Waals surface area contributed by atoms with Crippen molar-refractivity contribution < 1.29 is 4.52 Å². The molecule has 5 rings (SSSR count). The van der Waals surface area contributed by atoms with E-state index in [0.29, 0.717) is 11.7 Å². The van der Waals surface area contributed by atoms with E-state index in [1.165, 1.54) is 18.4 Å². The van der Waals surface area contributed by atoms with Gasteiger partial charge in [0.05, 0.1) is 6.04 Å². The molecule has 7 nitrogen and oxygen atoms in total. The summed E-state index contributed by atoms with van der Waals surface area (Å²) in [7, 11) is 0. The fourth-order valence-corrected chi connectivity index (χ4v) is 4.18. The first-order chi connectivity index (χ1) is 13.9. The molecule has 2 aliphatic rings. The number of aromatic nitrogens is 4. The highest BCUT2D eigenvalue weighted by atomic mass is 16.5. The molecule has 144 valence electrons. The minimum atomic E-state index is 0.175. The van der Waals surface area contributed by atoms with E-state index in [2.05, 4.69) is 43.1 Å². The Morgan fingerprint density at radius 2 is 1.86 bits per heavy atom. The maximum absolute atomic E-state index is 5.69. The third-order valence-corrected chi connectivity index (χ3v) is 5.66. The van der Waals surface area contributed by atoms with Gasteiger partial charge in [-0.1, -0.05) is 5.16 Å². The molecule has 2 fully saturated rings. The van der Waals surface area contributed by atoms with Crippen LogP contribution >= 0.6 is 0 Å². The van der Waals surface area contributed by atoms with Gasteiger partial charge < -0.3 is 9.42 Å². The standard InChI is InChI=1S/C21H24N6O/c1-2-12-26(11-1)19-14-17(7-10-23-19)20-24-21(28-25-20)18-4-3-13-27(18)15-16-5-8-22-9-6-16/h5-10,14,18H,1-4,11-13,15H2/t18-/m0/s1. The first-order valence-corrected chi connectivity index (χ1v) is 10.0. The summed E-state index contributed by atoms with van der Waals surface area (Å²) >= 11 is 0. The Balaban J connectivity index is 1.35. The molecule has 5 heterocycles. The van der Waals surface area contributed by atoms with E-state index < -0.39 is 0 Å². The topological polar surface area (TPSA) is 71.2 Å². The van der Waals surface area contributed by atoms with E-state index in [9.17, 15) is 0 Å². The summed E-state index contributed by atoms with van der Waals surface area (Å²) in [5.74, 6) is 2.36. The highest BCUT2D eigenvalue weighted by Gasteiger charge is 2.31. The van der Waals surface area contributed by atoms with E-state index in [4.69, 9.17) is 9.51 Å². The zero-order valence-corrected chi connectivity index (χ0v) is 15.9. The molecule has 3 aromatic heterocycles. The van der Waals surface area contributed by atoms with Gasteiger partial charge in [-0.3, -0.25) is 9.88 Å². The van der Waals surface area contributed by atoms with Crippen LogP contribution in [0.2, 0.25) is 0 Å². The lowest BCUT2D eigenvalue weighted by Gasteiger charge is -2.21. The molecule has 7 heteroatoms. The zero-order chi connectivity index (χ0) is 18.8. The SMILES string of the molecule is c1cc(CN2CCC[C@H]2c2nc(-c3ccnc(N4CCCC4)c3)no2)ccn1. The Morgan fingerprint density at radius 3 is 2.71 bits per heavy atom. The fourth-order valence-electron chi connectivity index (χ4n) is 4.18. The predicted octanol–water partition coefficient (Wildman–Crippen LogP) is 3.46. The number of anilines is 1. The molecule has 0 unspecified atom stereocenters. The van der Waals surface area contributed by atoms with Crippen LogP contribution in [0.25, 0.3) is 11.4 Å². The Kier molecular flexibility index (Phi) is 4.74. The van der Waals surface area contributed by atoms with Crippen molar-refractivity contribution in [1.82, 2.24) is 25.0 Å². The van der Waals surface area contributed by atoms with E-state index >= 15 is 0 Å². The molecule has 0 aliphatic carbocycles. The summed E-state index contributed by atoms with van der Waals surface area (Å²) in [6.45, 7) is 4.05. The summed E-state index contributed by atoms with van der Waals surface area (Å²) in [6, 6.07) is 8.33. The summed E-state index contributed by atoms with van der Waals surface area (Å²) < 4.78 is 5.69. The zero-order valence-electron chi connectivity index (χ0n) is 15.9. The minimum absolute atomic E-state index is 0.175. The highest BCUT2D eigenvalue weighted by molar-refractivity contribution is 5.59. The molecular weight excluding hydrogens is 352 g/mol. The monoisotopic (exact) mass is 376 g/mol. The fraction of sp³-hybridized carbons (Fsp3) is 0.429. The third-order valence-electron chi connectivity index (χ3n) is 5.66. The second kappa shape index (κ2) is 7.67. The number of hydrogen-bond acceptors (Lipinski definition) is 7. The predicted molar refractivity (Wildman–Crippen MR) is 106 cm³/mol. The summed E-state index contributed by atoms with van der Waals surface area (Å²) in [5.41, 5.74) is 2.22. The summed E-state index contributed by atoms with van der Waals surface area (Å²) in [6.07, 6.45) is 10.2. The largest absolute Gasteiger partial charge is 0.357 e. The molecule has 0 aromatic carbocycles. The number of likely N-dealkylation sites (tertiary alicyclic amines) is 1. The van der Waals surface area contributed by atoms with Crippen molar-refractivity contribution in [2.75, 3.05) is 24.5 Å². The van der Waals surface area contributed by atoms with Gasteiger partial charge >= 0.3 is 0 Å². The van der Waals surface area contributed by atoms with Crippen LogP contribution < -0.4 is 4.90 Å².